The molecule has 8 nitrogen and oxygen atoms in total. The van der Waals surface area contributed by atoms with Crippen LogP contribution in [0.25, 0.3) is 10.2 Å². The van der Waals surface area contributed by atoms with Crippen molar-refractivity contribution in [1.29, 1.82) is 0 Å². The molecule has 0 amide bonds. The molecule has 2 aliphatic heterocycles. The van der Waals surface area contributed by atoms with Crippen LogP contribution >= 0.6 is 11.3 Å². The molecule has 0 saturated carbocycles. The maximum absolute atomic E-state index is 5.49. The van der Waals surface area contributed by atoms with Gasteiger partial charge < -0.3 is 24.8 Å². The van der Waals surface area contributed by atoms with Crippen molar-refractivity contribution in [2.24, 2.45) is 0 Å². The van der Waals surface area contributed by atoms with Crippen LogP contribution in [0, 0.1) is 13.8 Å². The fraction of sp³-hybridized carbons (Fsp3) is 0.370. The maximum Gasteiger partial charge on any atom is 0.228 e. The van der Waals surface area contributed by atoms with Gasteiger partial charge in [0.2, 0.25) is 5.95 Å². The molecule has 9 heteroatoms. The molecule has 4 aromatic rings. The summed E-state index contributed by atoms with van der Waals surface area (Å²) in [7, 11) is 0. The summed E-state index contributed by atoms with van der Waals surface area (Å²) < 4.78 is 5.49. The Morgan fingerprint density at radius 2 is 1.58 bits per heavy atom. The van der Waals surface area contributed by atoms with Gasteiger partial charge in [-0.2, -0.15) is 4.98 Å². The van der Waals surface area contributed by atoms with E-state index in [9.17, 15) is 0 Å². The molecule has 0 spiro atoms. The van der Waals surface area contributed by atoms with E-state index < -0.39 is 0 Å². The Kier molecular flexibility index (Phi) is 6.33. The zero-order valence-corrected chi connectivity index (χ0v) is 21.6. The molecule has 186 valence electrons. The van der Waals surface area contributed by atoms with Gasteiger partial charge in [0.1, 0.15) is 16.5 Å². The van der Waals surface area contributed by atoms with Crippen molar-refractivity contribution >= 4 is 50.5 Å². The first-order valence-electron chi connectivity index (χ1n) is 12.5. The van der Waals surface area contributed by atoms with Gasteiger partial charge in [-0.25, -0.2) is 9.97 Å². The molecule has 0 unspecified atom stereocenters. The first-order chi connectivity index (χ1) is 17.7. The number of ether oxygens (including phenoxy) is 1. The van der Waals surface area contributed by atoms with E-state index in [1.54, 1.807) is 11.3 Å². The Morgan fingerprint density at radius 1 is 0.833 bits per heavy atom. The Labute approximate surface area is 215 Å². The Hall–Kier alpha value is -3.43. The van der Waals surface area contributed by atoms with Gasteiger partial charge in [-0.15, -0.1) is 11.3 Å². The number of thiophene rings is 1. The molecule has 0 radical (unpaired) electrons. The number of hydrogen-bond donors (Lipinski definition) is 1. The number of benzene rings is 1. The molecule has 2 saturated heterocycles. The number of pyridine rings is 1. The van der Waals surface area contributed by atoms with Gasteiger partial charge in [-0.3, -0.25) is 0 Å². The lowest BCUT2D eigenvalue weighted by Crippen LogP contribution is -2.47. The average molecular weight is 502 g/mol. The number of aromatic nitrogens is 3. The molecule has 0 atom stereocenters. The lowest BCUT2D eigenvalue weighted by atomic mass is 10.2. The summed E-state index contributed by atoms with van der Waals surface area (Å²) in [6.07, 6.45) is 1.85. The lowest BCUT2D eigenvalue weighted by Gasteiger charge is -2.35. The minimum atomic E-state index is 0.786. The van der Waals surface area contributed by atoms with Crippen LogP contribution < -0.4 is 20.0 Å². The highest BCUT2D eigenvalue weighted by atomic mass is 32.1. The molecule has 6 rings (SSSR count). The number of anilines is 5. The van der Waals surface area contributed by atoms with Crippen LogP contribution in [0.4, 0.5) is 29.0 Å². The zero-order chi connectivity index (χ0) is 24.5. The first kappa shape index (κ1) is 23.0. The van der Waals surface area contributed by atoms with Crippen LogP contribution in [0.15, 0.2) is 48.7 Å². The van der Waals surface area contributed by atoms with Gasteiger partial charge in [0.15, 0.2) is 0 Å². The second-order valence-electron chi connectivity index (χ2n) is 9.27. The third-order valence-corrected chi connectivity index (χ3v) is 8.16. The third-order valence-electron chi connectivity index (χ3n) is 7.06. The SMILES string of the molecule is Cc1sc2nc(N3CCN(c4ccccn4)CC3)nc(Nc3ccc(N4CCOCC4)cc3)c2c1C. The summed E-state index contributed by atoms with van der Waals surface area (Å²) >= 11 is 1.74. The number of hydrogen-bond acceptors (Lipinski definition) is 9. The Morgan fingerprint density at radius 3 is 2.31 bits per heavy atom. The van der Waals surface area contributed by atoms with Crippen molar-refractivity contribution < 1.29 is 4.74 Å². The van der Waals surface area contributed by atoms with E-state index in [1.165, 1.54) is 16.1 Å². The van der Waals surface area contributed by atoms with Crippen molar-refractivity contribution in [3.8, 4) is 0 Å². The average Bonchev–Trinajstić information content (AvgIpc) is 3.23. The number of piperazine rings is 1. The fourth-order valence-electron chi connectivity index (χ4n) is 4.86. The van der Waals surface area contributed by atoms with Crippen molar-refractivity contribution in [3.05, 3.63) is 59.1 Å². The summed E-state index contributed by atoms with van der Waals surface area (Å²) in [6.45, 7) is 11.3. The number of nitrogens with one attached hydrogen (secondary N) is 1. The Bertz CT molecular complexity index is 1330. The highest BCUT2D eigenvalue weighted by Gasteiger charge is 2.23. The minimum absolute atomic E-state index is 0.786. The zero-order valence-electron chi connectivity index (χ0n) is 20.8. The third kappa shape index (κ3) is 4.56. The molecule has 1 N–H and O–H groups in total. The topological polar surface area (TPSA) is 69.7 Å². The van der Waals surface area contributed by atoms with E-state index in [0.29, 0.717) is 0 Å². The number of rotatable bonds is 5. The van der Waals surface area contributed by atoms with Crippen molar-refractivity contribution in [2.75, 3.05) is 72.5 Å². The maximum atomic E-state index is 5.49. The predicted octanol–water partition coefficient (Wildman–Crippen LogP) is 4.61. The van der Waals surface area contributed by atoms with Crippen LogP contribution in [0.5, 0.6) is 0 Å². The van der Waals surface area contributed by atoms with Gasteiger partial charge in [0, 0.05) is 61.7 Å². The molecular formula is C27H31N7OS. The largest absolute Gasteiger partial charge is 0.378 e. The van der Waals surface area contributed by atoms with E-state index in [1.807, 2.05) is 18.3 Å². The summed E-state index contributed by atoms with van der Waals surface area (Å²) in [5.41, 5.74) is 3.50. The Balaban J connectivity index is 1.25. The highest BCUT2D eigenvalue weighted by molar-refractivity contribution is 7.18. The molecule has 0 aliphatic carbocycles. The van der Waals surface area contributed by atoms with Crippen molar-refractivity contribution in [2.45, 2.75) is 13.8 Å². The minimum Gasteiger partial charge on any atom is -0.378 e. The monoisotopic (exact) mass is 501 g/mol. The molecule has 0 bridgehead atoms. The van der Waals surface area contributed by atoms with E-state index in [2.05, 4.69) is 69.2 Å². The first-order valence-corrected chi connectivity index (χ1v) is 13.4. The number of aryl methyl sites for hydroxylation is 2. The lowest BCUT2D eigenvalue weighted by molar-refractivity contribution is 0.122. The summed E-state index contributed by atoms with van der Waals surface area (Å²) in [5, 5.41) is 4.73. The number of fused-ring (bicyclic) bond motifs is 1. The van der Waals surface area contributed by atoms with Gasteiger partial charge in [-0.1, -0.05) is 6.07 Å². The second-order valence-corrected chi connectivity index (χ2v) is 10.5. The van der Waals surface area contributed by atoms with Crippen LogP contribution in [0.1, 0.15) is 10.4 Å². The van der Waals surface area contributed by atoms with Crippen LogP contribution in [0.2, 0.25) is 0 Å². The fourth-order valence-corrected chi connectivity index (χ4v) is 5.88. The van der Waals surface area contributed by atoms with Crippen LogP contribution in [-0.4, -0.2) is 67.4 Å². The van der Waals surface area contributed by atoms with Crippen molar-refractivity contribution in [1.82, 2.24) is 15.0 Å². The second kappa shape index (κ2) is 9.91. The van der Waals surface area contributed by atoms with Gasteiger partial charge >= 0.3 is 0 Å². The van der Waals surface area contributed by atoms with Crippen LogP contribution in [-0.2, 0) is 4.74 Å². The van der Waals surface area contributed by atoms with Gasteiger partial charge in [-0.05, 0) is 55.8 Å². The summed E-state index contributed by atoms with van der Waals surface area (Å²) in [5.74, 6) is 2.70. The molecule has 3 aromatic heterocycles. The standard InChI is InChI=1S/C27H31N7OS/c1-19-20(2)36-26-24(19)25(29-21-6-8-22(9-7-21)32-15-17-35-18-16-32)30-27(31-26)34-13-11-33(12-14-34)23-5-3-4-10-28-23/h3-10H,11-18H2,1-2H3,(H,29,30,31). The van der Waals surface area contributed by atoms with E-state index in [4.69, 9.17) is 14.7 Å². The van der Waals surface area contributed by atoms with Gasteiger partial charge in [0.05, 0.1) is 18.6 Å². The van der Waals surface area contributed by atoms with E-state index in [-0.39, 0.29) is 0 Å². The molecule has 1 aromatic carbocycles. The normalized spacial score (nSPS) is 16.6. The smallest absolute Gasteiger partial charge is 0.228 e. The quantitative estimate of drug-likeness (QED) is 0.425. The van der Waals surface area contributed by atoms with Gasteiger partial charge in [0.25, 0.3) is 0 Å². The molecule has 2 fully saturated rings. The van der Waals surface area contributed by atoms with Crippen molar-refractivity contribution in [3.63, 3.8) is 0 Å². The summed E-state index contributed by atoms with van der Waals surface area (Å²) in [4.78, 5) is 23.9. The number of nitrogens with zero attached hydrogens (tertiary/aromatic N) is 6. The molecular weight excluding hydrogens is 470 g/mol. The van der Waals surface area contributed by atoms with Crippen LogP contribution in [0.3, 0.4) is 0 Å². The molecule has 36 heavy (non-hydrogen) atoms. The molecule has 5 heterocycles. The number of morpholine rings is 1. The predicted molar refractivity (Wildman–Crippen MR) is 148 cm³/mol. The molecule has 2 aliphatic rings. The summed E-state index contributed by atoms with van der Waals surface area (Å²) in [6, 6.07) is 14.7. The van der Waals surface area contributed by atoms with E-state index >= 15 is 0 Å². The van der Waals surface area contributed by atoms with E-state index in [0.717, 1.165) is 86.0 Å². The highest BCUT2D eigenvalue weighted by Crippen LogP contribution is 2.36.